The molecule has 10 heteroatoms. The number of hydrogen-bond acceptors (Lipinski definition) is 5. The number of halogens is 1. The first-order valence-electron chi connectivity index (χ1n) is 9.21. The van der Waals surface area contributed by atoms with E-state index < -0.39 is 27.7 Å². The molecule has 0 atom stereocenters. The lowest BCUT2D eigenvalue weighted by Crippen LogP contribution is -2.36. The van der Waals surface area contributed by atoms with Crippen LogP contribution in [0.4, 0.5) is 10.1 Å². The Hall–Kier alpha value is -3.66. The molecule has 2 amide bonds. The van der Waals surface area contributed by atoms with Crippen LogP contribution in [-0.4, -0.2) is 26.8 Å². The molecular weight excluding hydrogens is 425 g/mol. The Balaban J connectivity index is 1.60. The SMILES string of the molecule is Cc1ccc(S(=O)(=O)Nc2cccc(C(=O)NCC(=O)NCc3ccco3)c2)cc1F. The van der Waals surface area contributed by atoms with Crippen LogP contribution in [-0.2, 0) is 21.4 Å². The molecular formula is C21H20FN3O5S. The van der Waals surface area contributed by atoms with Crippen LogP contribution in [0, 0.1) is 12.7 Å². The van der Waals surface area contributed by atoms with E-state index in [1.165, 1.54) is 49.6 Å². The molecule has 1 aromatic heterocycles. The Morgan fingerprint density at radius 1 is 1.03 bits per heavy atom. The molecule has 0 unspecified atom stereocenters. The van der Waals surface area contributed by atoms with Crippen molar-refractivity contribution in [2.75, 3.05) is 11.3 Å². The second kappa shape index (κ2) is 9.43. The van der Waals surface area contributed by atoms with Crippen molar-refractivity contribution in [1.29, 1.82) is 0 Å². The van der Waals surface area contributed by atoms with Gasteiger partial charge in [0.2, 0.25) is 5.91 Å². The number of hydrogen-bond donors (Lipinski definition) is 3. The first-order valence-corrected chi connectivity index (χ1v) is 10.7. The van der Waals surface area contributed by atoms with E-state index in [1.54, 1.807) is 12.1 Å². The van der Waals surface area contributed by atoms with Gasteiger partial charge in [-0.3, -0.25) is 14.3 Å². The summed E-state index contributed by atoms with van der Waals surface area (Å²) in [7, 11) is -4.04. The van der Waals surface area contributed by atoms with Crippen molar-refractivity contribution < 1.29 is 26.8 Å². The van der Waals surface area contributed by atoms with Crippen LogP contribution in [0.2, 0.25) is 0 Å². The molecule has 0 radical (unpaired) electrons. The minimum absolute atomic E-state index is 0.121. The highest BCUT2D eigenvalue weighted by Crippen LogP contribution is 2.19. The molecule has 162 valence electrons. The van der Waals surface area contributed by atoms with Gasteiger partial charge in [-0.1, -0.05) is 12.1 Å². The summed E-state index contributed by atoms with van der Waals surface area (Å²) in [4.78, 5) is 23.9. The van der Waals surface area contributed by atoms with Crippen molar-refractivity contribution in [2.24, 2.45) is 0 Å². The maximum absolute atomic E-state index is 13.7. The molecule has 0 spiro atoms. The van der Waals surface area contributed by atoms with E-state index in [-0.39, 0.29) is 29.2 Å². The molecule has 0 bridgehead atoms. The van der Waals surface area contributed by atoms with E-state index in [0.717, 1.165) is 6.07 Å². The zero-order chi connectivity index (χ0) is 22.4. The van der Waals surface area contributed by atoms with Crippen LogP contribution in [0.15, 0.2) is 70.2 Å². The van der Waals surface area contributed by atoms with Crippen molar-refractivity contribution in [1.82, 2.24) is 10.6 Å². The monoisotopic (exact) mass is 445 g/mol. The molecule has 3 rings (SSSR count). The number of rotatable bonds is 8. The van der Waals surface area contributed by atoms with E-state index in [0.29, 0.717) is 11.3 Å². The highest BCUT2D eigenvalue weighted by atomic mass is 32.2. The van der Waals surface area contributed by atoms with Crippen molar-refractivity contribution in [3.63, 3.8) is 0 Å². The number of sulfonamides is 1. The number of anilines is 1. The van der Waals surface area contributed by atoms with Gasteiger partial charge in [0, 0.05) is 11.3 Å². The Labute approximate surface area is 178 Å². The normalized spacial score (nSPS) is 11.0. The molecule has 1 heterocycles. The molecule has 8 nitrogen and oxygen atoms in total. The second-order valence-electron chi connectivity index (χ2n) is 6.64. The Bertz CT molecular complexity index is 1190. The molecule has 0 aliphatic heterocycles. The van der Waals surface area contributed by atoms with Crippen LogP contribution in [0.1, 0.15) is 21.7 Å². The number of amides is 2. The third kappa shape index (κ3) is 5.92. The van der Waals surface area contributed by atoms with Gasteiger partial charge in [0.05, 0.1) is 24.2 Å². The maximum atomic E-state index is 13.7. The van der Waals surface area contributed by atoms with Gasteiger partial charge >= 0.3 is 0 Å². The van der Waals surface area contributed by atoms with Gasteiger partial charge in [-0.2, -0.15) is 0 Å². The predicted molar refractivity (Wildman–Crippen MR) is 111 cm³/mol. The van der Waals surface area contributed by atoms with Crippen LogP contribution < -0.4 is 15.4 Å². The summed E-state index contributed by atoms with van der Waals surface area (Å²) in [6, 6.07) is 12.7. The second-order valence-corrected chi connectivity index (χ2v) is 8.32. The summed E-state index contributed by atoms with van der Waals surface area (Å²) < 4.78 is 46.1. The smallest absolute Gasteiger partial charge is 0.261 e. The standard InChI is InChI=1S/C21H20FN3O5S/c1-14-7-8-18(11-19(14)22)31(28,29)25-16-5-2-4-15(10-16)21(27)24-13-20(26)23-12-17-6-3-9-30-17/h2-11,25H,12-13H2,1H3,(H,23,26)(H,24,27). The van der Waals surface area contributed by atoms with Gasteiger partial charge < -0.3 is 15.1 Å². The van der Waals surface area contributed by atoms with Crippen molar-refractivity contribution in [2.45, 2.75) is 18.4 Å². The first-order chi connectivity index (χ1) is 14.7. The van der Waals surface area contributed by atoms with Gasteiger partial charge in [0.15, 0.2) is 0 Å². The summed E-state index contributed by atoms with van der Waals surface area (Å²) >= 11 is 0. The van der Waals surface area contributed by atoms with Crippen molar-refractivity contribution in [3.05, 3.63) is 83.6 Å². The largest absolute Gasteiger partial charge is 0.467 e. The van der Waals surface area contributed by atoms with Gasteiger partial charge in [0.25, 0.3) is 15.9 Å². The molecule has 3 N–H and O–H groups in total. The fourth-order valence-electron chi connectivity index (χ4n) is 2.60. The lowest BCUT2D eigenvalue weighted by atomic mass is 10.2. The number of benzene rings is 2. The van der Waals surface area contributed by atoms with Crippen LogP contribution in [0.25, 0.3) is 0 Å². The topological polar surface area (TPSA) is 118 Å². The average Bonchev–Trinajstić information content (AvgIpc) is 3.26. The van der Waals surface area contributed by atoms with Crippen LogP contribution in [0.5, 0.6) is 0 Å². The average molecular weight is 445 g/mol. The van der Waals surface area contributed by atoms with E-state index in [9.17, 15) is 22.4 Å². The molecule has 2 aromatic carbocycles. The summed E-state index contributed by atoms with van der Waals surface area (Å²) in [6.07, 6.45) is 1.49. The number of furan rings is 1. The first kappa shape index (κ1) is 22.0. The number of carbonyl (C=O) groups is 2. The van der Waals surface area contributed by atoms with Gasteiger partial charge in [-0.05, 0) is 55.0 Å². The fourth-order valence-corrected chi connectivity index (χ4v) is 3.66. The number of nitrogens with one attached hydrogen (secondary N) is 3. The van der Waals surface area contributed by atoms with Gasteiger partial charge in [0.1, 0.15) is 11.6 Å². The molecule has 0 saturated carbocycles. The maximum Gasteiger partial charge on any atom is 0.261 e. The molecule has 31 heavy (non-hydrogen) atoms. The Morgan fingerprint density at radius 2 is 1.84 bits per heavy atom. The van der Waals surface area contributed by atoms with E-state index >= 15 is 0 Å². The molecule has 0 fully saturated rings. The zero-order valence-electron chi connectivity index (χ0n) is 16.5. The molecule has 0 aliphatic rings. The van der Waals surface area contributed by atoms with E-state index in [2.05, 4.69) is 15.4 Å². The molecule has 0 aliphatic carbocycles. The summed E-state index contributed by atoms with van der Waals surface area (Å²) in [6.45, 7) is 1.45. The quantitative estimate of drug-likeness (QED) is 0.493. The highest BCUT2D eigenvalue weighted by Gasteiger charge is 2.17. The lowest BCUT2D eigenvalue weighted by Gasteiger charge is -2.11. The predicted octanol–water partition coefficient (Wildman–Crippen LogP) is 2.57. The molecule has 0 saturated heterocycles. The summed E-state index contributed by atoms with van der Waals surface area (Å²) in [5.74, 6) is -1.03. The summed E-state index contributed by atoms with van der Waals surface area (Å²) in [5, 5.41) is 5.05. The highest BCUT2D eigenvalue weighted by molar-refractivity contribution is 7.92. The molecule has 3 aromatic rings. The van der Waals surface area contributed by atoms with E-state index in [1.807, 2.05) is 0 Å². The van der Waals surface area contributed by atoms with E-state index in [4.69, 9.17) is 4.42 Å². The van der Waals surface area contributed by atoms with Crippen LogP contribution >= 0.6 is 0 Å². The third-order valence-electron chi connectivity index (χ3n) is 4.28. The Kier molecular flexibility index (Phi) is 6.71. The summed E-state index contributed by atoms with van der Waals surface area (Å²) in [5.41, 5.74) is 0.593. The van der Waals surface area contributed by atoms with Gasteiger partial charge in [-0.25, -0.2) is 12.8 Å². The zero-order valence-corrected chi connectivity index (χ0v) is 17.3. The van der Waals surface area contributed by atoms with Crippen molar-refractivity contribution >= 4 is 27.5 Å². The fraction of sp³-hybridized carbons (Fsp3) is 0.143. The number of carbonyl (C=O) groups excluding carboxylic acids is 2. The van der Waals surface area contributed by atoms with Crippen molar-refractivity contribution in [3.8, 4) is 0 Å². The lowest BCUT2D eigenvalue weighted by molar-refractivity contribution is -0.120. The van der Waals surface area contributed by atoms with Gasteiger partial charge in [-0.15, -0.1) is 0 Å². The Morgan fingerprint density at radius 3 is 2.55 bits per heavy atom. The third-order valence-corrected chi connectivity index (χ3v) is 5.66. The minimum atomic E-state index is -4.04. The minimum Gasteiger partial charge on any atom is -0.467 e. The van der Waals surface area contributed by atoms with Crippen LogP contribution in [0.3, 0.4) is 0 Å². The number of aryl methyl sites for hydroxylation is 1.